The fraction of sp³-hybridized carbons (Fsp3) is 0.179. The predicted octanol–water partition coefficient (Wildman–Crippen LogP) is 6.81. The second kappa shape index (κ2) is 12.7. The van der Waals surface area contributed by atoms with Crippen LogP contribution in [0.1, 0.15) is 0 Å². The van der Waals surface area contributed by atoms with Gasteiger partial charge in [0.2, 0.25) is 11.8 Å². The van der Waals surface area contributed by atoms with Crippen molar-refractivity contribution in [3.8, 4) is 17.4 Å². The van der Waals surface area contributed by atoms with Crippen molar-refractivity contribution >= 4 is 57.9 Å². The van der Waals surface area contributed by atoms with Gasteiger partial charge in [0.25, 0.3) is 0 Å². The van der Waals surface area contributed by atoms with Crippen LogP contribution in [0.25, 0.3) is 0 Å². The number of para-hydroxylation sites is 1. The fourth-order valence-electron chi connectivity index (χ4n) is 3.96. The molecule has 10 nitrogen and oxygen atoms in total. The Hall–Kier alpha value is -4.25. The molecule has 1 aliphatic rings. The number of carbonyl (C=O) groups excluding carboxylic acids is 1. The fourth-order valence-corrected chi connectivity index (χ4v) is 4.45. The Balaban J connectivity index is 1.37. The molecule has 1 aromatic heterocycles. The summed E-state index contributed by atoms with van der Waals surface area (Å²) >= 11 is 12.4. The monoisotopic (exact) mass is 580 g/mol. The average molecular weight is 581 g/mol. The van der Waals surface area contributed by atoms with Crippen LogP contribution in [-0.4, -0.2) is 49.4 Å². The molecule has 1 saturated heterocycles. The van der Waals surface area contributed by atoms with E-state index in [1.54, 1.807) is 49.6 Å². The van der Waals surface area contributed by atoms with Gasteiger partial charge in [0, 0.05) is 30.5 Å². The highest BCUT2D eigenvalue weighted by Gasteiger charge is 2.16. The highest BCUT2D eigenvalue weighted by molar-refractivity contribution is 6.39. The molecule has 12 heteroatoms. The largest absolute Gasteiger partial charge is 0.497 e. The lowest BCUT2D eigenvalue weighted by molar-refractivity contribution is 0.122. The van der Waals surface area contributed by atoms with E-state index in [0.29, 0.717) is 34.8 Å². The van der Waals surface area contributed by atoms with E-state index in [-0.39, 0.29) is 23.2 Å². The molecule has 0 atom stereocenters. The summed E-state index contributed by atoms with van der Waals surface area (Å²) in [6.07, 6.45) is 1.45. The number of hydrogen-bond acceptors (Lipinski definition) is 8. The summed E-state index contributed by atoms with van der Waals surface area (Å²) < 4.78 is 16.8. The van der Waals surface area contributed by atoms with Gasteiger partial charge in [-0.25, -0.2) is 9.78 Å². The van der Waals surface area contributed by atoms with Crippen LogP contribution in [0, 0.1) is 0 Å². The van der Waals surface area contributed by atoms with Crippen molar-refractivity contribution in [2.24, 2.45) is 0 Å². The van der Waals surface area contributed by atoms with Crippen LogP contribution in [0.15, 0.2) is 72.9 Å². The molecule has 0 radical (unpaired) electrons. The van der Waals surface area contributed by atoms with E-state index >= 15 is 0 Å². The molecule has 0 bridgehead atoms. The lowest BCUT2D eigenvalue weighted by Crippen LogP contribution is -2.36. The van der Waals surface area contributed by atoms with E-state index in [1.807, 2.05) is 24.3 Å². The number of amides is 2. The first-order valence-electron chi connectivity index (χ1n) is 12.4. The molecule has 5 rings (SSSR count). The molecule has 1 aliphatic heterocycles. The quantitative estimate of drug-likeness (QED) is 0.208. The molecule has 3 N–H and O–H groups in total. The van der Waals surface area contributed by atoms with Gasteiger partial charge in [0.15, 0.2) is 0 Å². The zero-order valence-corrected chi connectivity index (χ0v) is 23.0. The molecule has 0 unspecified atom stereocenters. The van der Waals surface area contributed by atoms with E-state index in [1.165, 1.54) is 6.20 Å². The van der Waals surface area contributed by atoms with Crippen molar-refractivity contribution in [3.63, 3.8) is 0 Å². The minimum atomic E-state index is -0.603. The van der Waals surface area contributed by atoms with Crippen LogP contribution in [-0.2, 0) is 4.74 Å². The van der Waals surface area contributed by atoms with Gasteiger partial charge >= 0.3 is 6.03 Å². The smallest absolute Gasteiger partial charge is 0.323 e. The number of halogens is 2. The van der Waals surface area contributed by atoms with Crippen LogP contribution in [0.3, 0.4) is 0 Å². The number of carbonyl (C=O) groups is 1. The molecule has 0 aliphatic carbocycles. The van der Waals surface area contributed by atoms with Gasteiger partial charge in [-0.2, -0.15) is 4.98 Å². The molecule has 40 heavy (non-hydrogen) atoms. The molecular formula is C28H26Cl2N6O4. The van der Waals surface area contributed by atoms with Crippen molar-refractivity contribution < 1.29 is 19.0 Å². The van der Waals surface area contributed by atoms with Gasteiger partial charge in [0.1, 0.15) is 17.2 Å². The Morgan fingerprint density at radius 2 is 1.65 bits per heavy atom. The molecule has 0 saturated carbocycles. The van der Waals surface area contributed by atoms with Gasteiger partial charge in [-0.05, 0) is 48.5 Å². The maximum atomic E-state index is 12.8. The first-order chi connectivity index (χ1) is 19.5. The van der Waals surface area contributed by atoms with Crippen LogP contribution < -0.4 is 30.3 Å². The third-order valence-corrected chi connectivity index (χ3v) is 6.59. The van der Waals surface area contributed by atoms with E-state index in [4.69, 9.17) is 37.4 Å². The standard InChI is InChI=1S/C28H26Cl2N6O4/c1-38-20-4-2-5-21(16-20)40-26-24(33-28(37)34-25-22(29)6-3-7-23(25)30)17-31-27(35-26)32-18-8-10-19(11-9-18)36-12-14-39-15-13-36/h2-11,16-17H,12-15H2,1H3,(H,31,32,35)(H2,33,34,37). The van der Waals surface area contributed by atoms with Crippen LogP contribution in [0.4, 0.5) is 33.5 Å². The average Bonchev–Trinajstić information content (AvgIpc) is 2.97. The Morgan fingerprint density at radius 3 is 2.38 bits per heavy atom. The minimum Gasteiger partial charge on any atom is -0.497 e. The minimum absolute atomic E-state index is 0.107. The number of methoxy groups -OCH3 is 1. The number of hydrogen-bond donors (Lipinski definition) is 3. The first kappa shape index (κ1) is 27.3. The zero-order valence-electron chi connectivity index (χ0n) is 21.5. The van der Waals surface area contributed by atoms with Gasteiger partial charge in [-0.1, -0.05) is 35.3 Å². The van der Waals surface area contributed by atoms with Crippen molar-refractivity contribution in [2.75, 3.05) is 54.3 Å². The number of nitrogens with zero attached hydrogens (tertiary/aromatic N) is 3. The summed E-state index contributed by atoms with van der Waals surface area (Å²) in [4.78, 5) is 24.0. The molecule has 3 aromatic carbocycles. The lowest BCUT2D eigenvalue weighted by Gasteiger charge is -2.28. The lowest BCUT2D eigenvalue weighted by atomic mass is 10.2. The summed E-state index contributed by atoms with van der Waals surface area (Å²) in [5.74, 6) is 1.44. The summed E-state index contributed by atoms with van der Waals surface area (Å²) in [6, 6.07) is 19.3. The van der Waals surface area contributed by atoms with E-state index < -0.39 is 6.03 Å². The number of ether oxygens (including phenoxy) is 3. The Bertz CT molecular complexity index is 1460. The van der Waals surface area contributed by atoms with Crippen molar-refractivity contribution in [3.05, 3.63) is 83.0 Å². The summed E-state index contributed by atoms with van der Waals surface area (Å²) in [5.41, 5.74) is 2.40. The molecular weight excluding hydrogens is 555 g/mol. The Kier molecular flexibility index (Phi) is 8.70. The van der Waals surface area contributed by atoms with Crippen LogP contribution >= 0.6 is 23.2 Å². The summed E-state index contributed by atoms with van der Waals surface area (Å²) in [7, 11) is 1.56. The number of rotatable bonds is 8. The zero-order chi connectivity index (χ0) is 27.9. The number of anilines is 5. The number of urea groups is 1. The second-order valence-electron chi connectivity index (χ2n) is 8.64. The van der Waals surface area contributed by atoms with Gasteiger partial charge < -0.3 is 35.1 Å². The SMILES string of the molecule is COc1cccc(Oc2nc(Nc3ccc(N4CCOCC4)cc3)ncc2NC(=O)Nc2c(Cl)cccc2Cl)c1. The number of benzene rings is 3. The Labute approximate surface area is 241 Å². The van der Waals surface area contributed by atoms with Crippen molar-refractivity contribution in [1.29, 1.82) is 0 Å². The van der Waals surface area contributed by atoms with Crippen molar-refractivity contribution in [2.45, 2.75) is 0 Å². The molecule has 206 valence electrons. The first-order valence-corrected chi connectivity index (χ1v) is 13.1. The van der Waals surface area contributed by atoms with Gasteiger partial charge in [-0.15, -0.1) is 0 Å². The summed E-state index contributed by atoms with van der Waals surface area (Å²) in [6.45, 7) is 3.14. The highest BCUT2D eigenvalue weighted by atomic mass is 35.5. The second-order valence-corrected chi connectivity index (χ2v) is 9.45. The number of aromatic nitrogens is 2. The third-order valence-electron chi connectivity index (χ3n) is 5.96. The van der Waals surface area contributed by atoms with E-state index in [0.717, 1.165) is 24.5 Å². The third kappa shape index (κ3) is 6.84. The van der Waals surface area contributed by atoms with Crippen LogP contribution in [0.5, 0.6) is 17.4 Å². The maximum absolute atomic E-state index is 12.8. The summed E-state index contributed by atoms with van der Waals surface area (Å²) in [5, 5.41) is 9.13. The molecule has 1 fully saturated rings. The molecule has 2 heterocycles. The normalized spacial score (nSPS) is 12.9. The molecule has 2 amide bonds. The predicted molar refractivity (Wildman–Crippen MR) is 157 cm³/mol. The highest BCUT2D eigenvalue weighted by Crippen LogP contribution is 2.33. The maximum Gasteiger partial charge on any atom is 0.323 e. The number of morpholine rings is 1. The van der Waals surface area contributed by atoms with Crippen molar-refractivity contribution in [1.82, 2.24) is 9.97 Å². The van der Waals surface area contributed by atoms with Crippen LogP contribution in [0.2, 0.25) is 10.0 Å². The van der Waals surface area contributed by atoms with Gasteiger partial charge in [0.05, 0.1) is 42.3 Å². The van der Waals surface area contributed by atoms with E-state index in [9.17, 15) is 4.79 Å². The molecule has 4 aromatic rings. The number of nitrogens with one attached hydrogen (secondary N) is 3. The topological polar surface area (TPSA) is 110 Å². The van der Waals surface area contributed by atoms with Gasteiger partial charge in [-0.3, -0.25) is 0 Å². The molecule has 0 spiro atoms. The van der Waals surface area contributed by atoms with E-state index in [2.05, 4.69) is 30.8 Å². The Morgan fingerprint density at radius 1 is 0.950 bits per heavy atom.